The van der Waals surface area contributed by atoms with E-state index < -0.39 is 0 Å². The third kappa shape index (κ3) is 3.44. The summed E-state index contributed by atoms with van der Waals surface area (Å²) in [5.41, 5.74) is 2.39. The number of hydrogen-bond donors (Lipinski definition) is 1. The van der Waals surface area contributed by atoms with Crippen LogP contribution < -0.4 is 10.1 Å². The molecule has 0 aliphatic heterocycles. The molecule has 0 radical (unpaired) electrons. The predicted molar refractivity (Wildman–Crippen MR) is 95.5 cm³/mol. The fourth-order valence-corrected chi connectivity index (χ4v) is 3.34. The molecule has 0 fully saturated rings. The third-order valence-electron chi connectivity index (χ3n) is 3.41. The van der Waals surface area contributed by atoms with Crippen LogP contribution >= 0.6 is 11.3 Å². The third-order valence-corrected chi connectivity index (χ3v) is 4.48. The number of anilines is 1. The molecule has 0 unspecified atom stereocenters. The van der Waals surface area contributed by atoms with Gasteiger partial charge in [-0.25, -0.2) is 4.98 Å². The van der Waals surface area contributed by atoms with Crippen molar-refractivity contribution in [1.29, 1.82) is 0 Å². The van der Waals surface area contributed by atoms with E-state index in [1.54, 1.807) is 6.07 Å². The topological polar surface area (TPSA) is 68.3 Å². The molecule has 0 aliphatic rings. The van der Waals surface area contributed by atoms with Gasteiger partial charge in [-0.15, -0.1) is 11.3 Å². The lowest BCUT2D eigenvalue weighted by atomic mass is 10.2. The fraction of sp³-hybridized carbons (Fsp3) is 0.167. The van der Waals surface area contributed by atoms with E-state index in [-0.39, 0.29) is 18.1 Å². The summed E-state index contributed by atoms with van der Waals surface area (Å²) in [6.45, 7) is 1.38. The molecule has 1 amide bonds. The number of aromatic nitrogens is 1. The largest absolute Gasteiger partial charge is 0.494 e. The number of fused-ring (bicyclic) bond motifs is 1. The van der Waals surface area contributed by atoms with Crippen LogP contribution in [0.3, 0.4) is 0 Å². The number of nitrogens with one attached hydrogen (secondary N) is 1. The maximum Gasteiger partial charge on any atom is 0.231 e. The van der Waals surface area contributed by atoms with Gasteiger partial charge in [0, 0.05) is 11.6 Å². The van der Waals surface area contributed by atoms with Crippen LogP contribution in [0.2, 0.25) is 0 Å². The maximum atomic E-state index is 11.9. The number of methoxy groups -OCH3 is 1. The van der Waals surface area contributed by atoms with Gasteiger partial charge in [0.15, 0.2) is 0 Å². The average Bonchev–Trinajstić information content (AvgIpc) is 2.97. The van der Waals surface area contributed by atoms with Gasteiger partial charge >= 0.3 is 0 Å². The minimum atomic E-state index is -0.354. The first-order chi connectivity index (χ1) is 11.6. The quantitative estimate of drug-likeness (QED) is 0.716. The Hall–Kier alpha value is -2.73. The van der Waals surface area contributed by atoms with Gasteiger partial charge < -0.3 is 10.1 Å². The molecule has 1 aromatic heterocycles. The molecule has 0 aliphatic carbocycles. The SMILES string of the molecule is COc1cc2nc(-c3ccccc3)sc2cc1NC(=O)CC(C)=O. The zero-order valence-corrected chi connectivity index (χ0v) is 14.1. The zero-order chi connectivity index (χ0) is 17.1. The summed E-state index contributed by atoms with van der Waals surface area (Å²) in [5.74, 6) is -0.0195. The average molecular weight is 340 g/mol. The van der Waals surface area contributed by atoms with Crippen molar-refractivity contribution in [1.82, 2.24) is 4.98 Å². The number of carbonyl (C=O) groups excluding carboxylic acids is 2. The molecule has 0 bridgehead atoms. The van der Waals surface area contributed by atoms with Crippen LogP contribution in [0.4, 0.5) is 5.69 Å². The molecule has 1 N–H and O–H groups in total. The van der Waals surface area contributed by atoms with Gasteiger partial charge in [0.1, 0.15) is 16.5 Å². The van der Waals surface area contributed by atoms with Crippen molar-refractivity contribution in [2.75, 3.05) is 12.4 Å². The van der Waals surface area contributed by atoms with Crippen molar-refractivity contribution in [3.8, 4) is 16.3 Å². The molecule has 0 saturated heterocycles. The second-order valence-electron chi connectivity index (χ2n) is 5.33. The Kier molecular flexibility index (Phi) is 4.57. The van der Waals surface area contributed by atoms with E-state index in [9.17, 15) is 9.59 Å². The molecule has 1 heterocycles. The van der Waals surface area contributed by atoms with Crippen molar-refractivity contribution < 1.29 is 14.3 Å². The Morgan fingerprint density at radius 2 is 1.96 bits per heavy atom. The lowest BCUT2D eigenvalue weighted by Crippen LogP contribution is -2.15. The van der Waals surface area contributed by atoms with Gasteiger partial charge in [-0.05, 0) is 13.0 Å². The Bertz CT molecular complexity index is 903. The molecule has 3 aromatic rings. The monoisotopic (exact) mass is 340 g/mol. The van der Waals surface area contributed by atoms with Crippen molar-refractivity contribution in [3.05, 3.63) is 42.5 Å². The van der Waals surface area contributed by atoms with Crippen LogP contribution in [-0.2, 0) is 9.59 Å². The second kappa shape index (κ2) is 6.80. The summed E-state index contributed by atoms with van der Waals surface area (Å²) in [6, 6.07) is 13.5. The number of hydrogen-bond acceptors (Lipinski definition) is 5. The zero-order valence-electron chi connectivity index (χ0n) is 13.3. The van der Waals surface area contributed by atoms with Crippen molar-refractivity contribution in [3.63, 3.8) is 0 Å². The highest BCUT2D eigenvalue weighted by Crippen LogP contribution is 2.36. The lowest BCUT2D eigenvalue weighted by molar-refractivity contribution is -0.124. The van der Waals surface area contributed by atoms with Crippen LogP contribution in [0, 0.1) is 0 Å². The van der Waals surface area contributed by atoms with Crippen molar-refractivity contribution in [2.45, 2.75) is 13.3 Å². The molecule has 5 nitrogen and oxygen atoms in total. The number of amides is 1. The molecule has 6 heteroatoms. The van der Waals surface area contributed by atoms with E-state index in [0.29, 0.717) is 11.4 Å². The van der Waals surface area contributed by atoms with Gasteiger partial charge in [-0.1, -0.05) is 30.3 Å². The first kappa shape index (κ1) is 16.1. The van der Waals surface area contributed by atoms with Gasteiger partial charge in [0.05, 0.1) is 29.4 Å². The summed E-state index contributed by atoms with van der Waals surface area (Å²) in [5, 5.41) is 3.63. The number of rotatable bonds is 5. The number of carbonyl (C=O) groups is 2. The van der Waals surface area contributed by atoms with E-state index in [1.165, 1.54) is 25.4 Å². The molecule has 0 atom stereocenters. The molecular weight excluding hydrogens is 324 g/mol. The predicted octanol–water partition coefficient (Wildman–Crippen LogP) is 3.89. The van der Waals surface area contributed by atoms with Gasteiger partial charge in [-0.3, -0.25) is 9.59 Å². The van der Waals surface area contributed by atoms with Gasteiger partial charge in [0.2, 0.25) is 5.91 Å². The van der Waals surface area contributed by atoms with E-state index in [2.05, 4.69) is 10.3 Å². The van der Waals surface area contributed by atoms with Crippen molar-refractivity contribution >= 4 is 38.9 Å². The summed E-state index contributed by atoms with van der Waals surface area (Å²) >= 11 is 1.54. The number of ether oxygens (including phenoxy) is 1. The van der Waals surface area contributed by atoms with E-state index in [0.717, 1.165) is 20.8 Å². The van der Waals surface area contributed by atoms with Crippen molar-refractivity contribution in [2.24, 2.45) is 0 Å². The fourth-order valence-electron chi connectivity index (χ4n) is 2.35. The van der Waals surface area contributed by atoms with Crippen LogP contribution in [0.25, 0.3) is 20.8 Å². The Morgan fingerprint density at radius 1 is 1.21 bits per heavy atom. The lowest BCUT2D eigenvalue weighted by Gasteiger charge is -2.09. The molecule has 24 heavy (non-hydrogen) atoms. The highest BCUT2D eigenvalue weighted by molar-refractivity contribution is 7.21. The highest BCUT2D eigenvalue weighted by atomic mass is 32.1. The van der Waals surface area contributed by atoms with Gasteiger partial charge in [-0.2, -0.15) is 0 Å². The maximum absolute atomic E-state index is 11.9. The first-order valence-electron chi connectivity index (χ1n) is 7.40. The molecular formula is C18H16N2O3S. The molecule has 0 spiro atoms. The number of benzene rings is 2. The van der Waals surface area contributed by atoms with Gasteiger partial charge in [0.25, 0.3) is 0 Å². The standard InChI is InChI=1S/C18H16N2O3S/c1-11(21)8-17(22)19-13-10-16-14(9-15(13)23-2)20-18(24-16)12-6-4-3-5-7-12/h3-7,9-10H,8H2,1-2H3,(H,19,22). The molecule has 122 valence electrons. The van der Waals surface area contributed by atoms with Crippen LogP contribution in [-0.4, -0.2) is 23.8 Å². The summed E-state index contributed by atoms with van der Waals surface area (Å²) in [7, 11) is 1.53. The minimum absolute atomic E-state index is 0.154. The Labute approximate surface area is 143 Å². The number of thiazole rings is 1. The van der Waals surface area contributed by atoms with Crippen LogP contribution in [0.15, 0.2) is 42.5 Å². The van der Waals surface area contributed by atoms with E-state index >= 15 is 0 Å². The van der Waals surface area contributed by atoms with Crippen LogP contribution in [0.5, 0.6) is 5.75 Å². The Balaban J connectivity index is 1.98. The number of nitrogens with zero attached hydrogens (tertiary/aromatic N) is 1. The van der Waals surface area contributed by atoms with E-state index in [1.807, 2.05) is 36.4 Å². The number of ketones is 1. The molecule has 3 rings (SSSR count). The smallest absolute Gasteiger partial charge is 0.231 e. The second-order valence-corrected chi connectivity index (χ2v) is 6.36. The summed E-state index contributed by atoms with van der Waals surface area (Å²) < 4.78 is 6.28. The molecule has 0 saturated carbocycles. The number of Topliss-reactive ketones (excluding diaryl/α,β-unsaturated/α-hetero) is 1. The van der Waals surface area contributed by atoms with E-state index in [4.69, 9.17) is 4.74 Å². The summed E-state index contributed by atoms with van der Waals surface area (Å²) in [4.78, 5) is 27.6. The van der Waals surface area contributed by atoms with Crippen LogP contribution in [0.1, 0.15) is 13.3 Å². The normalized spacial score (nSPS) is 10.6. The minimum Gasteiger partial charge on any atom is -0.494 e. The molecule has 2 aromatic carbocycles. The Morgan fingerprint density at radius 3 is 2.62 bits per heavy atom. The summed E-state index contributed by atoms with van der Waals surface area (Å²) in [6.07, 6.45) is -0.154. The highest BCUT2D eigenvalue weighted by Gasteiger charge is 2.14. The first-order valence-corrected chi connectivity index (χ1v) is 8.22.